The van der Waals surface area contributed by atoms with E-state index in [2.05, 4.69) is 21.2 Å². The number of nitrogens with zero attached hydrogens (tertiary/aromatic N) is 2. The number of nitrogens with one attached hydrogen (secondary N) is 3. The lowest BCUT2D eigenvalue weighted by Gasteiger charge is -2.33. The van der Waals surface area contributed by atoms with Crippen molar-refractivity contribution in [3.8, 4) is 0 Å². The summed E-state index contributed by atoms with van der Waals surface area (Å²) in [5, 5.41) is 9.98. The molecule has 10 heteroatoms. The Labute approximate surface area is 161 Å². The van der Waals surface area contributed by atoms with E-state index < -0.39 is 24.1 Å². The van der Waals surface area contributed by atoms with Gasteiger partial charge in [0, 0.05) is 31.1 Å². The van der Waals surface area contributed by atoms with Crippen molar-refractivity contribution < 1.29 is 22.8 Å². The molecule has 1 aromatic rings. The minimum absolute atomic E-state index is 0.0744. The van der Waals surface area contributed by atoms with Gasteiger partial charge in [-0.1, -0.05) is 12.8 Å². The Bertz CT molecular complexity index is 695. The molecule has 5 unspecified atom stereocenters. The zero-order valence-corrected chi connectivity index (χ0v) is 15.5. The Hall–Kier alpha value is -1.65. The Morgan fingerprint density at radius 2 is 2.14 bits per heavy atom. The van der Waals surface area contributed by atoms with Crippen molar-refractivity contribution in [3.05, 3.63) is 12.4 Å². The SMILES string of the molecule is O=C(Nc1cnn(CC2CNCCC2C(F)(F)F)c1)C1NOC2CCCCC21. The van der Waals surface area contributed by atoms with Crippen LogP contribution in [0, 0.1) is 17.8 Å². The fraction of sp³-hybridized carbons (Fsp3) is 0.778. The molecule has 3 N–H and O–H groups in total. The average Bonchev–Trinajstić information content (AvgIpc) is 3.28. The Balaban J connectivity index is 1.36. The number of alkyl halides is 3. The summed E-state index contributed by atoms with van der Waals surface area (Å²) >= 11 is 0. The van der Waals surface area contributed by atoms with Crippen LogP contribution in [0.3, 0.4) is 0 Å². The van der Waals surface area contributed by atoms with Crippen molar-refractivity contribution >= 4 is 11.6 Å². The molecule has 3 aliphatic rings. The summed E-state index contributed by atoms with van der Waals surface area (Å²) in [6.45, 7) is 0.834. The molecular formula is C18H26F3N5O2. The molecule has 3 heterocycles. The fourth-order valence-corrected chi connectivity index (χ4v) is 4.68. The van der Waals surface area contributed by atoms with Crippen molar-refractivity contribution in [1.82, 2.24) is 20.6 Å². The number of anilines is 1. The highest BCUT2D eigenvalue weighted by Crippen LogP contribution is 2.37. The summed E-state index contributed by atoms with van der Waals surface area (Å²) in [6.07, 6.45) is 3.11. The van der Waals surface area contributed by atoms with Crippen LogP contribution in [0.15, 0.2) is 12.4 Å². The van der Waals surface area contributed by atoms with Gasteiger partial charge in [-0.25, -0.2) is 0 Å². The molecule has 1 saturated carbocycles. The van der Waals surface area contributed by atoms with Crippen LogP contribution in [0.4, 0.5) is 18.9 Å². The number of halogens is 3. The summed E-state index contributed by atoms with van der Waals surface area (Å²) in [5.74, 6) is -1.95. The second kappa shape index (κ2) is 8.00. The molecule has 1 amide bonds. The highest BCUT2D eigenvalue weighted by Gasteiger charge is 2.46. The Kier molecular flexibility index (Phi) is 5.62. The first kappa shape index (κ1) is 19.7. The predicted octanol–water partition coefficient (Wildman–Crippen LogP) is 2.07. The van der Waals surface area contributed by atoms with Crippen LogP contribution in [-0.2, 0) is 16.2 Å². The number of amides is 1. The van der Waals surface area contributed by atoms with Crippen LogP contribution in [0.5, 0.6) is 0 Å². The third-order valence-electron chi connectivity index (χ3n) is 6.16. The van der Waals surface area contributed by atoms with Crippen molar-refractivity contribution in [1.29, 1.82) is 0 Å². The highest BCUT2D eigenvalue weighted by molar-refractivity contribution is 5.95. The third-order valence-corrected chi connectivity index (χ3v) is 6.16. The molecule has 2 aliphatic heterocycles. The van der Waals surface area contributed by atoms with Crippen molar-refractivity contribution in [2.45, 2.75) is 57.0 Å². The van der Waals surface area contributed by atoms with Crippen LogP contribution in [0.1, 0.15) is 32.1 Å². The number of carbonyl (C=O) groups excluding carboxylic acids is 1. The van der Waals surface area contributed by atoms with E-state index in [1.54, 1.807) is 6.20 Å². The third kappa shape index (κ3) is 4.18. The number of hydroxylamine groups is 1. The lowest BCUT2D eigenvalue weighted by molar-refractivity contribution is -0.195. The van der Waals surface area contributed by atoms with E-state index in [1.165, 1.54) is 10.9 Å². The quantitative estimate of drug-likeness (QED) is 0.720. The van der Waals surface area contributed by atoms with Gasteiger partial charge >= 0.3 is 6.18 Å². The molecule has 1 aliphatic carbocycles. The van der Waals surface area contributed by atoms with E-state index in [9.17, 15) is 18.0 Å². The normalized spacial score (nSPS) is 33.5. The smallest absolute Gasteiger partial charge is 0.322 e. The van der Waals surface area contributed by atoms with Crippen molar-refractivity contribution in [2.75, 3.05) is 18.4 Å². The molecule has 0 bridgehead atoms. The van der Waals surface area contributed by atoms with Crippen LogP contribution in [0.25, 0.3) is 0 Å². The maximum Gasteiger partial charge on any atom is 0.392 e. The van der Waals surface area contributed by atoms with Gasteiger partial charge in [-0.05, 0) is 25.8 Å². The number of hydrogen-bond donors (Lipinski definition) is 3. The Morgan fingerprint density at radius 3 is 2.96 bits per heavy atom. The van der Waals surface area contributed by atoms with Gasteiger partial charge in [0.05, 0.1) is 23.9 Å². The van der Waals surface area contributed by atoms with E-state index >= 15 is 0 Å². The largest absolute Gasteiger partial charge is 0.392 e. The lowest BCUT2D eigenvalue weighted by atomic mass is 9.82. The topological polar surface area (TPSA) is 80.2 Å². The molecular weight excluding hydrogens is 375 g/mol. The number of hydrogen-bond acceptors (Lipinski definition) is 5. The maximum atomic E-state index is 13.2. The van der Waals surface area contributed by atoms with Gasteiger partial charge in [-0.15, -0.1) is 0 Å². The zero-order chi connectivity index (χ0) is 19.7. The molecule has 0 spiro atoms. The number of carbonyl (C=O) groups is 1. The molecule has 1 aromatic heterocycles. The number of aromatic nitrogens is 2. The highest BCUT2D eigenvalue weighted by atomic mass is 19.4. The molecule has 156 valence electrons. The fourth-order valence-electron chi connectivity index (χ4n) is 4.68. The molecule has 2 saturated heterocycles. The van der Waals surface area contributed by atoms with Crippen LogP contribution in [0.2, 0.25) is 0 Å². The van der Waals surface area contributed by atoms with E-state index in [-0.39, 0.29) is 30.9 Å². The van der Waals surface area contributed by atoms with E-state index in [4.69, 9.17) is 4.84 Å². The first-order chi connectivity index (χ1) is 13.4. The monoisotopic (exact) mass is 401 g/mol. The minimum Gasteiger partial charge on any atom is -0.322 e. The van der Waals surface area contributed by atoms with Gasteiger partial charge in [0.15, 0.2) is 0 Å². The molecule has 0 aromatic carbocycles. The summed E-state index contributed by atoms with van der Waals surface area (Å²) in [4.78, 5) is 18.1. The maximum absolute atomic E-state index is 13.2. The zero-order valence-electron chi connectivity index (χ0n) is 15.5. The number of piperidine rings is 1. The second-order valence-corrected chi connectivity index (χ2v) is 8.04. The molecule has 5 atom stereocenters. The number of rotatable bonds is 4. The van der Waals surface area contributed by atoms with Crippen molar-refractivity contribution in [2.24, 2.45) is 17.8 Å². The van der Waals surface area contributed by atoms with Crippen LogP contribution >= 0.6 is 0 Å². The first-order valence-corrected chi connectivity index (χ1v) is 9.94. The van der Waals surface area contributed by atoms with E-state index in [0.717, 1.165) is 25.7 Å². The molecule has 28 heavy (non-hydrogen) atoms. The average molecular weight is 401 g/mol. The minimum atomic E-state index is -4.21. The molecule has 7 nitrogen and oxygen atoms in total. The van der Waals surface area contributed by atoms with Gasteiger partial charge < -0.3 is 10.6 Å². The van der Waals surface area contributed by atoms with E-state index in [1.807, 2.05) is 0 Å². The van der Waals surface area contributed by atoms with Gasteiger partial charge in [-0.2, -0.15) is 23.8 Å². The first-order valence-electron chi connectivity index (χ1n) is 9.94. The van der Waals surface area contributed by atoms with Gasteiger partial charge in [0.1, 0.15) is 6.04 Å². The second-order valence-electron chi connectivity index (χ2n) is 8.04. The van der Waals surface area contributed by atoms with E-state index in [0.29, 0.717) is 18.8 Å². The molecule has 3 fully saturated rings. The molecule has 4 rings (SSSR count). The summed E-state index contributed by atoms with van der Waals surface area (Å²) in [6, 6.07) is -0.411. The molecule has 0 radical (unpaired) electrons. The van der Waals surface area contributed by atoms with Crippen LogP contribution in [-0.4, -0.2) is 47.1 Å². The summed E-state index contributed by atoms with van der Waals surface area (Å²) < 4.78 is 41.2. The number of fused-ring (bicyclic) bond motifs is 1. The lowest BCUT2D eigenvalue weighted by Crippen LogP contribution is -2.45. The van der Waals surface area contributed by atoms with Crippen LogP contribution < -0.4 is 16.1 Å². The van der Waals surface area contributed by atoms with Gasteiger partial charge in [0.2, 0.25) is 5.91 Å². The predicted molar refractivity (Wildman–Crippen MR) is 95.1 cm³/mol. The van der Waals surface area contributed by atoms with Crippen molar-refractivity contribution in [3.63, 3.8) is 0 Å². The Morgan fingerprint density at radius 1 is 1.32 bits per heavy atom. The van der Waals surface area contributed by atoms with Gasteiger partial charge in [0.25, 0.3) is 0 Å². The summed E-state index contributed by atoms with van der Waals surface area (Å²) in [7, 11) is 0. The summed E-state index contributed by atoms with van der Waals surface area (Å²) in [5.41, 5.74) is 3.33. The van der Waals surface area contributed by atoms with Gasteiger partial charge in [-0.3, -0.25) is 14.3 Å². The standard InChI is InChI=1S/C18H26F3N5O2/c19-18(20,21)14-5-6-22-7-11(14)9-26-10-12(8-23-26)24-17(27)16-13-3-1-2-4-15(13)28-25-16/h8,10-11,13-16,22,25H,1-7,9H2,(H,24,27).